The topological polar surface area (TPSA) is 83.4 Å². The van der Waals surface area contributed by atoms with Crippen LogP contribution >= 0.6 is 0 Å². The van der Waals surface area contributed by atoms with Crippen LogP contribution in [-0.2, 0) is 37.5 Å². The molecule has 0 aromatic heterocycles. The van der Waals surface area contributed by atoms with Crippen LogP contribution in [0.3, 0.4) is 0 Å². The van der Waals surface area contributed by atoms with E-state index in [1.165, 1.54) is 0 Å². The Morgan fingerprint density at radius 3 is 1.71 bits per heavy atom. The zero-order chi connectivity index (χ0) is 5.41. The van der Waals surface area contributed by atoms with Gasteiger partial charge >= 0.3 is 0 Å². The van der Waals surface area contributed by atoms with Crippen molar-refractivity contribution in [1.29, 1.82) is 5.26 Å². The predicted octanol–water partition coefficient (Wildman–Crippen LogP) is -0.271. The molecule has 4 nitrogen and oxygen atoms in total. The van der Waals surface area contributed by atoms with Crippen molar-refractivity contribution in [3.05, 3.63) is 5.41 Å². The number of isocyanates is 1. The molecule has 0 rings (SSSR count). The fraction of sp³-hybridized carbons (Fsp3) is 0. The van der Waals surface area contributed by atoms with E-state index in [9.17, 15) is 0 Å². The zero-order valence-corrected chi connectivity index (χ0v) is 6.17. The molecule has 0 saturated heterocycles. The average Bonchev–Trinajstić information content (AvgIpc) is 1.39. The van der Waals surface area contributed by atoms with Gasteiger partial charge in [-0.25, -0.2) is 0 Å². The summed E-state index contributed by atoms with van der Waals surface area (Å²) in [6.07, 6.45) is 1.25. The van der Waals surface area contributed by atoms with Gasteiger partial charge in [-0.05, 0) is 6.08 Å². The molecular weight excluding hydrogens is 173 g/mol. The van der Waals surface area contributed by atoms with Crippen LogP contribution in [0, 0.1) is 11.5 Å². The molecule has 0 atom stereocenters. The molecule has 0 bridgehead atoms. The molecule has 7 heavy (non-hydrogen) atoms. The van der Waals surface area contributed by atoms with E-state index in [1.807, 2.05) is 0 Å². The Morgan fingerprint density at radius 1 is 1.71 bits per heavy atom. The van der Waals surface area contributed by atoms with Gasteiger partial charge in [-0.2, -0.15) is 5.26 Å². The first-order valence-electron chi connectivity index (χ1n) is 0.875. The van der Waals surface area contributed by atoms with E-state index < -0.39 is 0 Å². The minimum atomic E-state index is 0. The van der Waals surface area contributed by atoms with Gasteiger partial charge in [-0.1, -0.05) is 0 Å². The van der Waals surface area contributed by atoms with Gasteiger partial charge in [0.15, 0.2) is 0 Å². The molecule has 5 heteroatoms. The van der Waals surface area contributed by atoms with Gasteiger partial charge in [0.25, 0.3) is 6.26 Å². The van der Waals surface area contributed by atoms with Gasteiger partial charge in [-0.3, -0.25) is 4.79 Å². The summed E-state index contributed by atoms with van der Waals surface area (Å²) >= 11 is 0. The molecule has 0 aliphatic rings. The number of carbonyl (C=O) groups excluding carboxylic acids is 1. The zero-order valence-electron chi connectivity index (χ0n) is 3.33. The number of rotatable bonds is 0. The number of hydrogen-bond acceptors (Lipinski definition) is 3. The van der Waals surface area contributed by atoms with Gasteiger partial charge in [0, 0.05) is 32.7 Å². The Bertz CT molecular complexity index is 80.2. The van der Waals surface area contributed by atoms with Crippen molar-refractivity contribution in [2.45, 2.75) is 0 Å². The van der Waals surface area contributed by atoms with E-state index in [-0.39, 0.29) is 32.7 Å². The first-order valence-corrected chi connectivity index (χ1v) is 0.875. The molecule has 0 aliphatic heterocycles. The van der Waals surface area contributed by atoms with Crippen LogP contribution in [0.15, 0.2) is 0 Å². The Labute approximate surface area is 65.5 Å². The van der Waals surface area contributed by atoms with Crippen molar-refractivity contribution < 1.29 is 42.6 Å². The van der Waals surface area contributed by atoms with Crippen molar-refractivity contribution in [2.24, 2.45) is 0 Å². The Morgan fingerprint density at radius 2 is 1.71 bits per heavy atom. The summed E-state index contributed by atoms with van der Waals surface area (Å²) in [4.78, 5) is 8.24. The smallest absolute Gasteiger partial charge is 0.283 e. The van der Waals surface area contributed by atoms with Gasteiger partial charge in [0.05, 0.1) is 0 Å². The third kappa shape index (κ3) is 1610. The van der Waals surface area contributed by atoms with Crippen LogP contribution in [0.2, 0.25) is 0 Å². The SMILES string of the molecule is N#CO.[N-]=C=O.[Y]. The summed E-state index contributed by atoms with van der Waals surface area (Å²) in [7, 11) is 0. The van der Waals surface area contributed by atoms with Crippen LogP contribution in [-0.4, -0.2) is 11.2 Å². The van der Waals surface area contributed by atoms with Crippen LogP contribution in [0.5, 0.6) is 0 Å². The minimum Gasteiger partial charge on any atom is -0.724 e. The van der Waals surface area contributed by atoms with Crippen molar-refractivity contribution in [3.63, 3.8) is 0 Å². The quantitative estimate of drug-likeness (QED) is 0.311. The van der Waals surface area contributed by atoms with Gasteiger partial charge in [0.2, 0.25) is 0 Å². The fourth-order valence-corrected chi connectivity index (χ4v) is 0. The van der Waals surface area contributed by atoms with Crippen molar-refractivity contribution in [2.75, 3.05) is 0 Å². The molecule has 0 saturated carbocycles. The number of aliphatic hydroxyl groups excluding tert-OH is 1. The second-order valence-corrected chi connectivity index (χ2v) is 0.191. The van der Waals surface area contributed by atoms with E-state index in [2.05, 4.69) is 0 Å². The molecule has 0 heterocycles. The van der Waals surface area contributed by atoms with Crippen LogP contribution in [0.1, 0.15) is 0 Å². The average molecular weight is 174 g/mol. The summed E-state index contributed by atoms with van der Waals surface area (Å²) in [6, 6.07) is 0. The van der Waals surface area contributed by atoms with E-state index >= 15 is 0 Å². The molecule has 1 radical (unpaired) electrons. The van der Waals surface area contributed by atoms with Gasteiger partial charge in [0.1, 0.15) is 0 Å². The van der Waals surface area contributed by atoms with E-state index in [1.54, 1.807) is 0 Å². The molecule has 0 aromatic rings. The van der Waals surface area contributed by atoms with Crippen LogP contribution < -0.4 is 0 Å². The summed E-state index contributed by atoms with van der Waals surface area (Å²) in [5.41, 5.74) is 0. The maximum absolute atomic E-state index is 8.24. The molecule has 0 amide bonds. The van der Waals surface area contributed by atoms with Crippen LogP contribution in [0.4, 0.5) is 0 Å². The third-order valence-electron chi connectivity index (χ3n) is 0. The van der Waals surface area contributed by atoms with E-state index in [0.29, 0.717) is 6.08 Å². The normalized spacial score (nSPS) is 2.14. The van der Waals surface area contributed by atoms with Crippen LogP contribution in [0.25, 0.3) is 5.41 Å². The summed E-state index contributed by atoms with van der Waals surface area (Å²) in [5, 5.41) is 20.5. The predicted molar refractivity (Wildman–Crippen MR) is 16.6 cm³/mol. The number of nitriles is 1. The number of aliphatic hydroxyl groups is 1. The Kier molecular flexibility index (Phi) is 94.7. The van der Waals surface area contributed by atoms with Gasteiger partial charge in [-0.15, -0.1) is 0 Å². The maximum atomic E-state index is 8.24. The number of hydrogen-bond donors (Lipinski definition) is 1. The third-order valence-corrected chi connectivity index (χ3v) is 0. The fourth-order valence-electron chi connectivity index (χ4n) is 0. The molecule has 0 unspecified atom stereocenters. The second-order valence-electron chi connectivity index (χ2n) is 0.191. The first kappa shape index (κ1) is 15.9. The molecular formula is C2HN2O2Y-. The van der Waals surface area contributed by atoms with Gasteiger partial charge < -0.3 is 10.5 Å². The molecule has 0 fully saturated rings. The summed E-state index contributed by atoms with van der Waals surface area (Å²) < 4.78 is 0. The molecule has 0 aliphatic carbocycles. The monoisotopic (exact) mass is 174 g/mol. The maximum Gasteiger partial charge on any atom is 0.283 e. The standard InChI is InChI=1S/CHNO.CNO.Y/c2*2-1-3;/h3H;;/q;-1;. The molecule has 0 spiro atoms. The van der Waals surface area contributed by atoms with E-state index in [0.717, 1.165) is 6.26 Å². The summed E-state index contributed by atoms with van der Waals surface area (Å²) in [5.74, 6) is 0. The van der Waals surface area contributed by atoms with Crippen molar-refractivity contribution in [3.8, 4) is 6.26 Å². The Hall–Kier alpha value is -0.226. The van der Waals surface area contributed by atoms with Crippen molar-refractivity contribution in [1.82, 2.24) is 0 Å². The van der Waals surface area contributed by atoms with E-state index in [4.69, 9.17) is 20.6 Å². The summed E-state index contributed by atoms with van der Waals surface area (Å²) in [6.45, 7) is 0. The Balaban J connectivity index is -0.0000000400. The van der Waals surface area contributed by atoms with Crippen molar-refractivity contribution >= 4 is 6.08 Å². The first-order chi connectivity index (χ1) is 2.83. The molecule has 0 aromatic carbocycles. The number of nitrogens with zero attached hydrogens (tertiary/aromatic N) is 2. The molecule has 35 valence electrons. The minimum absolute atomic E-state index is 0. The largest absolute Gasteiger partial charge is 0.724 e. The molecule has 1 N–H and O–H groups in total. The second kappa shape index (κ2) is 41.8.